The molecule has 0 unspecified atom stereocenters. The standard InChI is InChI=1S/C23H24FN5O3/c1-23(2,3)12-29(22(32)19-18(20(25)30)26-13-27-19)17-10-8-16(9-11-17)28-21(31)14-4-6-15(24)7-5-14/h4-11,13H,12H2,1-3H3,(H2,25,30)(H,26,27)(H,28,31). The number of H-pyrrole nitrogens is 1. The summed E-state index contributed by atoms with van der Waals surface area (Å²) in [6.45, 7) is 6.27. The summed E-state index contributed by atoms with van der Waals surface area (Å²) in [5, 5.41) is 2.73. The number of nitrogens with one attached hydrogen (secondary N) is 2. The molecule has 2 aromatic carbocycles. The van der Waals surface area contributed by atoms with Crippen LogP contribution in [0.15, 0.2) is 54.9 Å². The van der Waals surface area contributed by atoms with E-state index in [4.69, 9.17) is 5.73 Å². The number of carbonyl (C=O) groups is 3. The molecule has 0 aliphatic rings. The number of anilines is 2. The third kappa shape index (κ3) is 5.37. The first-order valence-electron chi connectivity index (χ1n) is 9.87. The van der Waals surface area contributed by atoms with Crippen molar-refractivity contribution in [2.24, 2.45) is 11.1 Å². The Morgan fingerprint density at radius 3 is 2.25 bits per heavy atom. The van der Waals surface area contributed by atoms with Gasteiger partial charge in [-0.1, -0.05) is 20.8 Å². The Morgan fingerprint density at radius 1 is 1.06 bits per heavy atom. The normalized spacial score (nSPS) is 11.1. The van der Waals surface area contributed by atoms with Crippen LogP contribution in [0.5, 0.6) is 0 Å². The Balaban J connectivity index is 1.85. The van der Waals surface area contributed by atoms with Gasteiger partial charge in [-0.15, -0.1) is 0 Å². The molecule has 0 spiro atoms. The number of carbonyl (C=O) groups excluding carboxylic acids is 3. The molecule has 1 heterocycles. The fraction of sp³-hybridized carbons (Fsp3) is 0.217. The highest BCUT2D eigenvalue weighted by molar-refractivity contribution is 6.11. The third-order valence-corrected chi connectivity index (χ3v) is 4.51. The van der Waals surface area contributed by atoms with Crippen LogP contribution in [0.25, 0.3) is 0 Å². The van der Waals surface area contributed by atoms with Gasteiger partial charge in [-0.2, -0.15) is 0 Å². The smallest absolute Gasteiger partial charge is 0.279 e. The number of hydrogen-bond donors (Lipinski definition) is 3. The van der Waals surface area contributed by atoms with Crippen LogP contribution < -0.4 is 16.0 Å². The molecule has 0 aliphatic carbocycles. The van der Waals surface area contributed by atoms with E-state index in [1.54, 1.807) is 24.3 Å². The summed E-state index contributed by atoms with van der Waals surface area (Å²) in [6, 6.07) is 11.9. The molecule has 0 radical (unpaired) electrons. The number of rotatable bonds is 6. The number of nitrogens with zero attached hydrogens (tertiary/aromatic N) is 2. The summed E-state index contributed by atoms with van der Waals surface area (Å²) in [5.41, 5.74) is 6.35. The third-order valence-electron chi connectivity index (χ3n) is 4.51. The number of benzene rings is 2. The Hall–Kier alpha value is -4.01. The fourth-order valence-corrected chi connectivity index (χ4v) is 3.06. The van der Waals surface area contributed by atoms with Crippen molar-refractivity contribution < 1.29 is 18.8 Å². The molecule has 166 valence electrons. The lowest BCUT2D eigenvalue weighted by Gasteiger charge is -2.30. The number of aromatic amines is 1. The highest BCUT2D eigenvalue weighted by atomic mass is 19.1. The van der Waals surface area contributed by atoms with Crippen LogP contribution in [0.4, 0.5) is 15.8 Å². The SMILES string of the molecule is CC(C)(C)CN(C(=O)c1nc[nH]c1C(N)=O)c1ccc(NC(=O)c2ccc(F)cc2)cc1. The van der Waals surface area contributed by atoms with E-state index in [-0.39, 0.29) is 22.7 Å². The minimum absolute atomic E-state index is 0.0582. The maximum atomic E-state index is 13.2. The lowest BCUT2D eigenvalue weighted by Crippen LogP contribution is -2.39. The van der Waals surface area contributed by atoms with Gasteiger partial charge in [-0.25, -0.2) is 9.37 Å². The monoisotopic (exact) mass is 437 g/mol. The zero-order chi connectivity index (χ0) is 23.5. The zero-order valence-corrected chi connectivity index (χ0v) is 18.0. The molecular formula is C23H24FN5O3. The van der Waals surface area contributed by atoms with Crippen LogP contribution in [-0.2, 0) is 0 Å². The van der Waals surface area contributed by atoms with Gasteiger partial charge in [0.2, 0.25) is 0 Å². The van der Waals surface area contributed by atoms with E-state index < -0.39 is 17.6 Å². The number of hydrogen-bond acceptors (Lipinski definition) is 4. The number of nitrogens with two attached hydrogens (primary N) is 1. The minimum Gasteiger partial charge on any atom is -0.364 e. The zero-order valence-electron chi connectivity index (χ0n) is 18.0. The number of primary amides is 1. The van der Waals surface area contributed by atoms with Gasteiger partial charge in [0.1, 0.15) is 11.5 Å². The summed E-state index contributed by atoms with van der Waals surface area (Å²) < 4.78 is 13.1. The van der Waals surface area contributed by atoms with Crippen molar-refractivity contribution in [2.45, 2.75) is 20.8 Å². The molecule has 0 fully saturated rings. The summed E-state index contributed by atoms with van der Waals surface area (Å²) >= 11 is 0. The number of amides is 3. The first-order valence-corrected chi connectivity index (χ1v) is 9.87. The van der Waals surface area contributed by atoms with Gasteiger partial charge in [0.25, 0.3) is 17.7 Å². The van der Waals surface area contributed by atoms with E-state index >= 15 is 0 Å². The van der Waals surface area contributed by atoms with Gasteiger partial charge < -0.3 is 20.9 Å². The van der Waals surface area contributed by atoms with Crippen LogP contribution in [0.1, 0.15) is 52.1 Å². The second-order valence-corrected chi connectivity index (χ2v) is 8.45. The lowest BCUT2D eigenvalue weighted by molar-refractivity contribution is 0.0949. The van der Waals surface area contributed by atoms with Gasteiger partial charge in [-0.05, 0) is 53.9 Å². The second-order valence-electron chi connectivity index (χ2n) is 8.45. The Kier molecular flexibility index (Phi) is 6.38. The molecule has 3 aromatic rings. The summed E-state index contributed by atoms with van der Waals surface area (Å²) in [5.74, 6) is -2.06. The Bertz CT molecular complexity index is 1130. The molecule has 8 nitrogen and oxygen atoms in total. The topological polar surface area (TPSA) is 121 Å². The molecule has 4 N–H and O–H groups in total. The van der Waals surface area contributed by atoms with Crippen molar-refractivity contribution in [1.29, 1.82) is 0 Å². The molecule has 0 saturated carbocycles. The van der Waals surface area contributed by atoms with Gasteiger partial charge in [-0.3, -0.25) is 14.4 Å². The molecule has 3 rings (SSSR count). The molecule has 0 atom stereocenters. The van der Waals surface area contributed by atoms with E-state index in [1.807, 2.05) is 20.8 Å². The molecule has 0 bridgehead atoms. The number of halogens is 1. The van der Waals surface area contributed by atoms with Crippen molar-refractivity contribution >= 4 is 29.1 Å². The van der Waals surface area contributed by atoms with Crippen molar-refractivity contribution in [3.8, 4) is 0 Å². The average molecular weight is 437 g/mol. The first kappa shape index (κ1) is 22.7. The van der Waals surface area contributed by atoms with Crippen LogP contribution >= 0.6 is 0 Å². The van der Waals surface area contributed by atoms with E-state index in [9.17, 15) is 18.8 Å². The van der Waals surface area contributed by atoms with Gasteiger partial charge in [0.05, 0.1) is 6.33 Å². The van der Waals surface area contributed by atoms with Crippen LogP contribution in [0, 0.1) is 11.2 Å². The maximum Gasteiger partial charge on any atom is 0.279 e. The van der Waals surface area contributed by atoms with Gasteiger partial charge >= 0.3 is 0 Å². The number of imidazole rings is 1. The maximum absolute atomic E-state index is 13.2. The van der Waals surface area contributed by atoms with E-state index in [0.717, 1.165) is 0 Å². The lowest BCUT2D eigenvalue weighted by atomic mass is 9.95. The fourth-order valence-electron chi connectivity index (χ4n) is 3.06. The highest BCUT2D eigenvalue weighted by Gasteiger charge is 2.28. The molecule has 0 aliphatic heterocycles. The van der Waals surface area contributed by atoms with Crippen molar-refractivity contribution in [3.05, 3.63) is 77.6 Å². The first-order chi connectivity index (χ1) is 15.0. The van der Waals surface area contributed by atoms with Gasteiger partial charge in [0, 0.05) is 23.5 Å². The molecule has 0 saturated heterocycles. The van der Waals surface area contributed by atoms with Crippen LogP contribution in [0.3, 0.4) is 0 Å². The quantitative estimate of drug-likeness (QED) is 0.545. The Labute approximate surface area is 184 Å². The summed E-state index contributed by atoms with van der Waals surface area (Å²) in [6.07, 6.45) is 1.25. The molecule has 1 aromatic heterocycles. The minimum atomic E-state index is -0.777. The van der Waals surface area contributed by atoms with E-state index in [1.165, 1.54) is 35.5 Å². The molecule has 32 heavy (non-hydrogen) atoms. The Morgan fingerprint density at radius 2 is 1.69 bits per heavy atom. The van der Waals surface area contributed by atoms with Crippen LogP contribution in [-0.4, -0.2) is 34.2 Å². The predicted molar refractivity (Wildman–Crippen MR) is 119 cm³/mol. The van der Waals surface area contributed by atoms with E-state index in [0.29, 0.717) is 23.5 Å². The molecule has 3 amide bonds. The van der Waals surface area contributed by atoms with Crippen LogP contribution in [0.2, 0.25) is 0 Å². The van der Waals surface area contributed by atoms with Crippen molar-refractivity contribution in [2.75, 3.05) is 16.8 Å². The average Bonchev–Trinajstić information content (AvgIpc) is 3.22. The molecule has 9 heteroatoms. The van der Waals surface area contributed by atoms with Crippen molar-refractivity contribution in [3.63, 3.8) is 0 Å². The molecular weight excluding hydrogens is 413 g/mol. The van der Waals surface area contributed by atoms with E-state index in [2.05, 4.69) is 15.3 Å². The highest BCUT2D eigenvalue weighted by Crippen LogP contribution is 2.25. The van der Waals surface area contributed by atoms with Crippen molar-refractivity contribution in [1.82, 2.24) is 9.97 Å². The second kappa shape index (κ2) is 9.01. The number of aromatic nitrogens is 2. The summed E-state index contributed by atoms with van der Waals surface area (Å²) in [4.78, 5) is 45.3. The van der Waals surface area contributed by atoms with Gasteiger partial charge in [0.15, 0.2) is 5.69 Å². The largest absolute Gasteiger partial charge is 0.364 e. The summed E-state index contributed by atoms with van der Waals surface area (Å²) in [7, 11) is 0. The predicted octanol–water partition coefficient (Wildman–Crippen LogP) is 3.59.